The second-order valence-electron chi connectivity index (χ2n) is 5.52. The Morgan fingerprint density at radius 2 is 2.33 bits per heavy atom. The SMILES string of the molecule is CC1CC=C2NCCC2=C1C1CN(C(=O)CO)C1. The van der Waals surface area contributed by atoms with Crippen LogP contribution in [0.15, 0.2) is 22.9 Å². The third-order valence-corrected chi connectivity index (χ3v) is 4.38. The van der Waals surface area contributed by atoms with Gasteiger partial charge in [0.05, 0.1) is 0 Å². The minimum Gasteiger partial charge on any atom is -0.387 e. The van der Waals surface area contributed by atoms with Crippen molar-refractivity contribution in [2.24, 2.45) is 11.8 Å². The third-order valence-electron chi connectivity index (χ3n) is 4.38. The summed E-state index contributed by atoms with van der Waals surface area (Å²) in [6.07, 6.45) is 4.54. The minimum absolute atomic E-state index is 0.138. The third kappa shape index (κ3) is 1.75. The fraction of sp³-hybridized carbons (Fsp3) is 0.643. The molecule has 1 aliphatic carbocycles. The lowest BCUT2D eigenvalue weighted by Gasteiger charge is -2.43. The maximum atomic E-state index is 11.4. The summed E-state index contributed by atoms with van der Waals surface area (Å²) in [5.41, 5.74) is 4.38. The highest BCUT2D eigenvalue weighted by atomic mass is 16.3. The quantitative estimate of drug-likeness (QED) is 0.754. The highest BCUT2D eigenvalue weighted by Crippen LogP contribution is 2.40. The molecule has 2 aliphatic heterocycles. The highest BCUT2D eigenvalue weighted by Gasteiger charge is 2.37. The first-order valence-corrected chi connectivity index (χ1v) is 6.76. The van der Waals surface area contributed by atoms with Gasteiger partial charge in [0.1, 0.15) is 6.61 Å². The number of carbonyl (C=O) groups is 1. The predicted octanol–water partition coefficient (Wildman–Crippen LogP) is 0.651. The molecule has 2 heterocycles. The van der Waals surface area contributed by atoms with Gasteiger partial charge in [0.15, 0.2) is 0 Å². The first kappa shape index (κ1) is 11.8. The van der Waals surface area contributed by atoms with Gasteiger partial charge in [-0.2, -0.15) is 0 Å². The van der Waals surface area contributed by atoms with Crippen LogP contribution in [0.4, 0.5) is 0 Å². The van der Waals surface area contributed by atoms with Gasteiger partial charge >= 0.3 is 0 Å². The Balaban J connectivity index is 1.76. The van der Waals surface area contributed by atoms with Crippen molar-refractivity contribution in [1.82, 2.24) is 10.2 Å². The summed E-state index contributed by atoms with van der Waals surface area (Å²) in [5, 5.41) is 12.3. The lowest BCUT2D eigenvalue weighted by atomic mass is 9.76. The highest BCUT2D eigenvalue weighted by molar-refractivity contribution is 5.78. The van der Waals surface area contributed by atoms with Gasteiger partial charge < -0.3 is 15.3 Å². The van der Waals surface area contributed by atoms with Crippen LogP contribution in [0.1, 0.15) is 19.8 Å². The molecule has 0 bridgehead atoms. The van der Waals surface area contributed by atoms with Gasteiger partial charge in [0, 0.05) is 31.2 Å². The summed E-state index contributed by atoms with van der Waals surface area (Å²) in [4.78, 5) is 13.1. The van der Waals surface area contributed by atoms with Gasteiger partial charge in [0.25, 0.3) is 0 Å². The van der Waals surface area contributed by atoms with E-state index in [4.69, 9.17) is 5.11 Å². The van der Waals surface area contributed by atoms with Crippen molar-refractivity contribution in [3.05, 3.63) is 22.9 Å². The monoisotopic (exact) mass is 248 g/mol. The molecule has 0 spiro atoms. The second-order valence-corrected chi connectivity index (χ2v) is 5.52. The molecule has 0 saturated carbocycles. The van der Waals surface area contributed by atoms with Crippen molar-refractivity contribution in [3.63, 3.8) is 0 Å². The minimum atomic E-state index is -0.360. The maximum absolute atomic E-state index is 11.4. The normalized spacial score (nSPS) is 27.6. The molecule has 0 radical (unpaired) electrons. The van der Waals surface area contributed by atoms with Crippen LogP contribution in [0.5, 0.6) is 0 Å². The van der Waals surface area contributed by atoms with Crippen molar-refractivity contribution in [3.8, 4) is 0 Å². The molecule has 1 amide bonds. The number of fused-ring (bicyclic) bond motifs is 1. The smallest absolute Gasteiger partial charge is 0.248 e. The van der Waals surface area contributed by atoms with Gasteiger partial charge in [-0.05, 0) is 24.3 Å². The Morgan fingerprint density at radius 1 is 1.56 bits per heavy atom. The fourth-order valence-corrected chi connectivity index (χ4v) is 3.41. The van der Waals surface area contributed by atoms with Crippen LogP contribution >= 0.6 is 0 Å². The molecule has 2 saturated heterocycles. The van der Waals surface area contributed by atoms with Gasteiger partial charge in [-0.25, -0.2) is 0 Å². The summed E-state index contributed by atoms with van der Waals surface area (Å²) < 4.78 is 0. The number of carbonyl (C=O) groups excluding carboxylic acids is 1. The van der Waals surface area contributed by atoms with E-state index in [1.807, 2.05) is 0 Å². The van der Waals surface area contributed by atoms with Gasteiger partial charge in [-0.3, -0.25) is 4.79 Å². The Labute approximate surface area is 107 Å². The molecular weight excluding hydrogens is 228 g/mol. The summed E-state index contributed by atoms with van der Waals surface area (Å²) >= 11 is 0. The molecule has 1 atom stereocenters. The van der Waals surface area contributed by atoms with Crippen molar-refractivity contribution in [2.75, 3.05) is 26.2 Å². The van der Waals surface area contributed by atoms with Crippen LogP contribution in [0.3, 0.4) is 0 Å². The van der Waals surface area contributed by atoms with Crippen molar-refractivity contribution >= 4 is 5.91 Å². The number of rotatable bonds is 2. The lowest BCUT2D eigenvalue weighted by molar-refractivity contribution is -0.139. The van der Waals surface area contributed by atoms with E-state index in [0.29, 0.717) is 11.8 Å². The molecular formula is C14H20N2O2. The molecule has 1 unspecified atom stereocenters. The number of hydrogen-bond acceptors (Lipinski definition) is 3. The lowest BCUT2D eigenvalue weighted by Crippen LogP contribution is -2.52. The van der Waals surface area contributed by atoms with Crippen LogP contribution in [0, 0.1) is 11.8 Å². The summed E-state index contributed by atoms with van der Waals surface area (Å²) in [6.45, 7) is 4.54. The van der Waals surface area contributed by atoms with Gasteiger partial charge in [0.2, 0.25) is 5.91 Å². The van der Waals surface area contributed by atoms with Crippen LogP contribution in [0.25, 0.3) is 0 Å². The first-order valence-electron chi connectivity index (χ1n) is 6.76. The number of nitrogens with zero attached hydrogens (tertiary/aromatic N) is 1. The van der Waals surface area contributed by atoms with Crippen LogP contribution in [-0.4, -0.2) is 42.2 Å². The van der Waals surface area contributed by atoms with Crippen molar-refractivity contribution in [2.45, 2.75) is 19.8 Å². The molecule has 3 rings (SSSR count). The number of aliphatic hydroxyl groups excluding tert-OH is 1. The van der Waals surface area contributed by atoms with Gasteiger partial charge in [-0.1, -0.05) is 18.6 Å². The van der Waals surface area contributed by atoms with E-state index in [-0.39, 0.29) is 12.5 Å². The Bertz CT molecular complexity index is 433. The van der Waals surface area contributed by atoms with Crippen molar-refractivity contribution < 1.29 is 9.90 Å². The first-order chi connectivity index (χ1) is 8.70. The topological polar surface area (TPSA) is 52.6 Å². The maximum Gasteiger partial charge on any atom is 0.248 e. The van der Waals surface area contributed by atoms with Crippen molar-refractivity contribution in [1.29, 1.82) is 0 Å². The number of likely N-dealkylation sites (tertiary alicyclic amines) is 1. The zero-order valence-corrected chi connectivity index (χ0v) is 10.8. The Hall–Kier alpha value is -1.29. The summed E-state index contributed by atoms with van der Waals surface area (Å²) in [5.74, 6) is 0.967. The predicted molar refractivity (Wildman–Crippen MR) is 68.7 cm³/mol. The van der Waals surface area contributed by atoms with E-state index in [1.165, 1.54) is 11.3 Å². The molecule has 18 heavy (non-hydrogen) atoms. The Morgan fingerprint density at radius 3 is 3.06 bits per heavy atom. The zero-order valence-electron chi connectivity index (χ0n) is 10.8. The van der Waals surface area contributed by atoms with Gasteiger partial charge in [-0.15, -0.1) is 0 Å². The molecule has 0 aromatic carbocycles. The molecule has 0 aromatic rings. The van der Waals surface area contributed by atoms with Crippen LogP contribution in [0.2, 0.25) is 0 Å². The molecule has 4 nitrogen and oxygen atoms in total. The number of amides is 1. The molecule has 2 N–H and O–H groups in total. The number of hydrogen-bond donors (Lipinski definition) is 2. The van der Waals surface area contributed by atoms with Crippen LogP contribution in [-0.2, 0) is 4.79 Å². The molecule has 2 fully saturated rings. The molecule has 98 valence electrons. The van der Waals surface area contributed by atoms with E-state index < -0.39 is 0 Å². The Kier molecular flexibility index (Phi) is 2.90. The number of nitrogens with one attached hydrogen (secondary N) is 1. The number of allylic oxidation sites excluding steroid dienone is 2. The second kappa shape index (κ2) is 4.43. The largest absolute Gasteiger partial charge is 0.387 e. The summed E-state index contributed by atoms with van der Waals surface area (Å²) in [7, 11) is 0. The van der Waals surface area contributed by atoms with E-state index in [9.17, 15) is 4.79 Å². The molecule has 4 heteroatoms. The van der Waals surface area contributed by atoms with Crippen LogP contribution < -0.4 is 5.32 Å². The number of aliphatic hydroxyl groups is 1. The average molecular weight is 248 g/mol. The fourth-order valence-electron chi connectivity index (χ4n) is 3.41. The average Bonchev–Trinajstić information content (AvgIpc) is 2.77. The standard InChI is InChI=1S/C14H20N2O2/c1-9-2-3-12-11(4-5-15-12)14(9)10-6-16(7-10)13(18)8-17/h3,9-10,15,17H,2,4-8H2,1H3. The summed E-state index contributed by atoms with van der Waals surface area (Å²) in [6, 6.07) is 0. The van der Waals surface area contributed by atoms with E-state index in [2.05, 4.69) is 18.3 Å². The van der Waals surface area contributed by atoms with E-state index in [1.54, 1.807) is 10.5 Å². The molecule has 0 aromatic heterocycles. The molecule has 3 aliphatic rings. The zero-order chi connectivity index (χ0) is 12.7. The van der Waals surface area contributed by atoms with E-state index in [0.717, 1.165) is 32.5 Å². The van der Waals surface area contributed by atoms with E-state index >= 15 is 0 Å².